The van der Waals surface area contributed by atoms with E-state index in [9.17, 15) is 64.8 Å². The standard InChI is InChI=1S/C27H25B3N4O16/c35-25(16-7-19(28-38)13-22(10-16)32(42)43)48-4-1-31(2-5-49-26(36)17-8-20(29-39)14-23(11-17)33(44)45)3-6-50-27(37)18-9-21(30(40)41)15-24(12-18)34(46)47/h7-15,38-41H,1-6H2. The number of nitro groups is 3. The zero-order valence-electron chi connectivity index (χ0n) is 25.6. The van der Waals surface area contributed by atoms with Crippen molar-refractivity contribution in [3.05, 3.63) is 102 Å². The Balaban J connectivity index is 1.69. The van der Waals surface area contributed by atoms with Gasteiger partial charge < -0.3 is 34.3 Å². The summed E-state index contributed by atoms with van der Waals surface area (Å²) < 4.78 is 15.6. The summed E-state index contributed by atoms with van der Waals surface area (Å²) >= 11 is 0. The largest absolute Gasteiger partial charge is 0.488 e. The average Bonchev–Trinajstić information content (AvgIpc) is 3.10. The Morgan fingerprint density at radius 1 is 0.600 bits per heavy atom. The lowest BCUT2D eigenvalue weighted by Gasteiger charge is -2.22. The van der Waals surface area contributed by atoms with Gasteiger partial charge in [-0.15, -0.1) is 0 Å². The maximum Gasteiger partial charge on any atom is 0.488 e. The number of carbonyl (C=O) groups is 3. The highest BCUT2D eigenvalue weighted by Gasteiger charge is 2.22. The lowest BCUT2D eigenvalue weighted by molar-refractivity contribution is -0.385. The molecule has 0 bridgehead atoms. The van der Waals surface area contributed by atoms with Crippen LogP contribution in [0.15, 0.2) is 54.6 Å². The normalized spacial score (nSPS) is 10.6. The molecule has 0 aromatic heterocycles. The van der Waals surface area contributed by atoms with E-state index in [1.807, 2.05) is 0 Å². The fraction of sp³-hybridized carbons (Fsp3) is 0.222. The molecule has 2 radical (unpaired) electrons. The molecule has 258 valence electrons. The Labute approximate surface area is 282 Å². The van der Waals surface area contributed by atoms with Gasteiger partial charge in [-0.3, -0.25) is 35.2 Å². The number of non-ortho nitro benzene ring substituents is 3. The van der Waals surface area contributed by atoms with E-state index in [-0.39, 0.29) is 72.5 Å². The van der Waals surface area contributed by atoms with Crippen LogP contribution >= 0.6 is 0 Å². The molecule has 0 heterocycles. The SMILES string of the molecule is O=C(OCCN(CCOC(=O)c1cc([B]O)cc([N+](=O)[O-])c1)CCOC(=O)c1cc(B(O)O)cc([N+](=O)[O-])c1)c1cc([B]O)cc([N+](=O)[O-])c1. The summed E-state index contributed by atoms with van der Waals surface area (Å²) in [6, 6.07) is 8.94. The molecular formula is C27H25B3N4O16. The van der Waals surface area contributed by atoms with Gasteiger partial charge in [-0.1, -0.05) is 12.1 Å². The van der Waals surface area contributed by atoms with Crippen LogP contribution in [-0.2, 0) is 14.2 Å². The molecule has 0 unspecified atom stereocenters. The van der Waals surface area contributed by atoms with Crippen LogP contribution in [0.4, 0.5) is 17.1 Å². The van der Waals surface area contributed by atoms with Gasteiger partial charge in [-0.2, -0.15) is 0 Å². The minimum atomic E-state index is -2.12. The van der Waals surface area contributed by atoms with Crippen molar-refractivity contribution in [3.8, 4) is 0 Å². The quantitative estimate of drug-likeness (QED) is 0.0359. The van der Waals surface area contributed by atoms with E-state index in [0.717, 1.165) is 54.6 Å². The number of hydrogen-bond acceptors (Lipinski definition) is 17. The molecule has 0 aliphatic carbocycles. The molecule has 23 heteroatoms. The topological polar surface area (TPSA) is 292 Å². The van der Waals surface area contributed by atoms with Crippen molar-refractivity contribution < 1.29 is 63.5 Å². The number of esters is 3. The van der Waals surface area contributed by atoms with Crippen LogP contribution in [0.5, 0.6) is 0 Å². The third-order valence-electron chi connectivity index (χ3n) is 6.68. The first-order valence-electron chi connectivity index (χ1n) is 14.2. The number of nitro benzene ring substituents is 3. The van der Waals surface area contributed by atoms with Crippen LogP contribution in [0.3, 0.4) is 0 Å². The molecule has 0 amide bonds. The maximum atomic E-state index is 12.6. The molecule has 0 saturated carbocycles. The zero-order valence-corrected chi connectivity index (χ0v) is 25.6. The van der Waals surface area contributed by atoms with Crippen LogP contribution in [0.25, 0.3) is 0 Å². The lowest BCUT2D eigenvalue weighted by atomic mass is 9.79. The van der Waals surface area contributed by atoms with Gasteiger partial charge >= 0.3 is 40.0 Å². The van der Waals surface area contributed by atoms with Crippen molar-refractivity contribution in [2.24, 2.45) is 0 Å². The summed E-state index contributed by atoms with van der Waals surface area (Å²) in [7, 11) is -0.996. The van der Waals surface area contributed by atoms with Crippen LogP contribution < -0.4 is 16.4 Å². The fourth-order valence-electron chi connectivity index (χ4n) is 4.26. The van der Waals surface area contributed by atoms with E-state index in [1.165, 1.54) is 4.90 Å². The summed E-state index contributed by atoms with van der Waals surface area (Å²) in [5, 5.41) is 70.9. The summed E-state index contributed by atoms with van der Waals surface area (Å²) in [6.45, 7) is -1.34. The Bertz CT molecular complexity index is 1690. The van der Waals surface area contributed by atoms with Crippen LogP contribution in [-0.4, -0.2) is 119 Å². The van der Waals surface area contributed by atoms with Gasteiger partial charge in [0.15, 0.2) is 0 Å². The molecular weight excluding hydrogens is 669 g/mol. The van der Waals surface area contributed by atoms with Gasteiger partial charge in [0.05, 0.1) is 31.5 Å². The van der Waals surface area contributed by atoms with Gasteiger partial charge in [0.2, 0.25) is 0 Å². The molecule has 0 spiro atoms. The predicted octanol–water partition coefficient (Wildman–Crippen LogP) is -2.26. The molecule has 0 aliphatic heterocycles. The second kappa shape index (κ2) is 18.1. The molecule has 0 aliphatic rings. The third kappa shape index (κ3) is 11.2. The molecule has 20 nitrogen and oxygen atoms in total. The van der Waals surface area contributed by atoms with Gasteiger partial charge in [0.25, 0.3) is 17.1 Å². The minimum absolute atomic E-state index is 0.0338. The highest BCUT2D eigenvalue weighted by atomic mass is 16.6. The number of benzene rings is 3. The summed E-state index contributed by atoms with van der Waals surface area (Å²) in [5.41, 5.74) is -2.81. The summed E-state index contributed by atoms with van der Waals surface area (Å²) in [4.78, 5) is 70.6. The monoisotopic (exact) mass is 694 g/mol. The molecule has 50 heavy (non-hydrogen) atoms. The van der Waals surface area contributed by atoms with Gasteiger partial charge in [0.1, 0.15) is 19.8 Å². The lowest BCUT2D eigenvalue weighted by Crippen LogP contribution is -2.35. The van der Waals surface area contributed by atoms with Crippen molar-refractivity contribution in [1.82, 2.24) is 4.90 Å². The van der Waals surface area contributed by atoms with Gasteiger partial charge in [-0.05, 0) is 22.5 Å². The fourth-order valence-corrected chi connectivity index (χ4v) is 4.26. The Morgan fingerprint density at radius 3 is 1.26 bits per heavy atom. The molecule has 4 N–H and O–H groups in total. The number of rotatable bonds is 18. The number of nitrogens with zero attached hydrogens (tertiary/aromatic N) is 4. The molecule has 0 saturated heterocycles. The second-order valence-corrected chi connectivity index (χ2v) is 10.1. The second-order valence-electron chi connectivity index (χ2n) is 10.1. The number of ether oxygens (including phenoxy) is 3. The van der Waals surface area contributed by atoms with E-state index < -0.39 is 56.9 Å². The van der Waals surface area contributed by atoms with Crippen molar-refractivity contribution in [1.29, 1.82) is 0 Å². The zero-order chi connectivity index (χ0) is 37.0. The first-order valence-corrected chi connectivity index (χ1v) is 14.2. The van der Waals surface area contributed by atoms with Gasteiger partial charge in [0, 0.05) is 56.0 Å². The number of carbonyl (C=O) groups excluding carboxylic acids is 3. The first kappa shape index (κ1) is 38.7. The summed E-state index contributed by atoms with van der Waals surface area (Å²) in [5.74, 6) is -3.02. The Hall–Kier alpha value is -5.74. The van der Waals surface area contributed by atoms with E-state index >= 15 is 0 Å². The van der Waals surface area contributed by atoms with Crippen LogP contribution in [0, 0.1) is 30.3 Å². The maximum absolute atomic E-state index is 12.6. The highest BCUT2D eigenvalue weighted by Crippen LogP contribution is 2.15. The van der Waals surface area contributed by atoms with Crippen LogP contribution in [0.2, 0.25) is 0 Å². The minimum Gasteiger partial charge on any atom is -0.461 e. The van der Waals surface area contributed by atoms with E-state index in [2.05, 4.69) is 0 Å². The molecule has 3 aromatic carbocycles. The highest BCUT2D eigenvalue weighted by molar-refractivity contribution is 6.58. The van der Waals surface area contributed by atoms with Crippen molar-refractivity contribution in [3.63, 3.8) is 0 Å². The Kier molecular flexibility index (Phi) is 14.0. The van der Waals surface area contributed by atoms with Crippen molar-refractivity contribution in [2.45, 2.75) is 0 Å². The average molecular weight is 694 g/mol. The predicted molar refractivity (Wildman–Crippen MR) is 172 cm³/mol. The molecule has 3 rings (SSSR count). The van der Waals surface area contributed by atoms with Crippen LogP contribution in [0.1, 0.15) is 31.1 Å². The first-order chi connectivity index (χ1) is 23.7. The number of hydrogen-bond donors (Lipinski definition) is 4. The molecule has 3 aromatic rings. The Morgan fingerprint density at radius 2 is 0.940 bits per heavy atom. The summed E-state index contributed by atoms with van der Waals surface area (Å²) in [6.07, 6.45) is 0. The van der Waals surface area contributed by atoms with Crippen molar-refractivity contribution in [2.75, 3.05) is 39.5 Å². The smallest absolute Gasteiger partial charge is 0.461 e. The van der Waals surface area contributed by atoms with E-state index in [1.54, 1.807) is 0 Å². The third-order valence-corrected chi connectivity index (χ3v) is 6.68. The van der Waals surface area contributed by atoms with Gasteiger partial charge in [-0.25, -0.2) is 14.4 Å². The van der Waals surface area contributed by atoms with E-state index in [0.29, 0.717) is 15.0 Å². The molecule has 0 fully saturated rings. The van der Waals surface area contributed by atoms with E-state index in [4.69, 9.17) is 14.2 Å². The van der Waals surface area contributed by atoms with Crippen molar-refractivity contribution >= 4 is 73.4 Å². The molecule has 0 atom stereocenters.